The molecule has 0 atom stereocenters. The highest BCUT2D eigenvalue weighted by Gasteiger charge is 2.23. The van der Waals surface area contributed by atoms with Crippen molar-refractivity contribution in [3.8, 4) is 11.8 Å². The number of pyridine rings is 1. The minimum Gasteiger partial charge on any atom is -0.352 e. The number of thioether (sulfide) groups is 1. The number of carbonyl (C=O) groups is 1. The van der Waals surface area contributed by atoms with Gasteiger partial charge in [-0.25, -0.2) is 9.97 Å². The molecule has 1 amide bonds. The second-order valence-corrected chi connectivity index (χ2v) is 8.46. The molecule has 4 rings (SSSR count). The average molecular weight is 433 g/mol. The average Bonchev–Trinajstić information content (AvgIpc) is 3.27. The lowest BCUT2D eigenvalue weighted by atomic mass is 10.1. The second-order valence-electron chi connectivity index (χ2n) is 7.51. The molecule has 0 radical (unpaired) electrons. The van der Waals surface area contributed by atoms with Gasteiger partial charge in [0.05, 0.1) is 17.0 Å². The van der Waals surface area contributed by atoms with Gasteiger partial charge in [0.15, 0.2) is 5.16 Å². The number of rotatable bonds is 5. The van der Waals surface area contributed by atoms with Gasteiger partial charge in [-0.05, 0) is 43.2 Å². The zero-order chi connectivity index (χ0) is 21.8. The molecule has 1 fully saturated rings. The van der Waals surface area contributed by atoms with E-state index in [9.17, 15) is 10.1 Å². The molecule has 3 aromatic rings. The van der Waals surface area contributed by atoms with Gasteiger partial charge in [0, 0.05) is 44.8 Å². The van der Waals surface area contributed by atoms with Crippen LogP contribution in [0.15, 0.2) is 54.1 Å². The fourth-order valence-corrected chi connectivity index (χ4v) is 4.55. The van der Waals surface area contributed by atoms with Gasteiger partial charge < -0.3 is 9.80 Å². The largest absolute Gasteiger partial charge is 0.352 e. The summed E-state index contributed by atoms with van der Waals surface area (Å²) in [5, 5.41) is 10.1. The van der Waals surface area contributed by atoms with Crippen LogP contribution < -0.4 is 4.90 Å². The first kappa shape index (κ1) is 20.9. The summed E-state index contributed by atoms with van der Waals surface area (Å²) >= 11 is 1.46. The number of hydrogen-bond donors (Lipinski definition) is 0. The zero-order valence-corrected chi connectivity index (χ0v) is 18.5. The van der Waals surface area contributed by atoms with Gasteiger partial charge in [0.2, 0.25) is 5.91 Å². The van der Waals surface area contributed by atoms with Gasteiger partial charge in [-0.3, -0.25) is 9.36 Å². The van der Waals surface area contributed by atoms with E-state index >= 15 is 0 Å². The van der Waals surface area contributed by atoms with Gasteiger partial charge in [-0.15, -0.1) is 0 Å². The number of hydrogen-bond acceptors (Lipinski definition) is 6. The smallest absolute Gasteiger partial charge is 0.233 e. The molecule has 7 nitrogen and oxygen atoms in total. The van der Waals surface area contributed by atoms with E-state index in [1.165, 1.54) is 22.9 Å². The van der Waals surface area contributed by atoms with Crippen molar-refractivity contribution in [3.05, 3.63) is 65.6 Å². The number of nitriles is 1. The van der Waals surface area contributed by atoms with Crippen molar-refractivity contribution < 1.29 is 4.79 Å². The zero-order valence-electron chi connectivity index (χ0n) is 17.7. The Kier molecular flexibility index (Phi) is 6.23. The molecule has 158 valence electrons. The number of benzene rings is 1. The van der Waals surface area contributed by atoms with Crippen molar-refractivity contribution in [2.75, 3.05) is 36.8 Å². The van der Waals surface area contributed by atoms with Crippen LogP contribution in [0.5, 0.6) is 0 Å². The third kappa shape index (κ3) is 4.57. The quantitative estimate of drug-likeness (QED) is 0.576. The SMILES string of the molecule is Cc1ccc(C)c(-n2ccnc2SCC(=O)N2CCN(c3ncccc3C#N)CC2)c1. The molecule has 8 heteroatoms. The van der Waals surface area contributed by atoms with Crippen molar-refractivity contribution >= 4 is 23.5 Å². The lowest BCUT2D eigenvalue weighted by Gasteiger charge is -2.35. The Labute approximate surface area is 186 Å². The van der Waals surface area contributed by atoms with E-state index in [-0.39, 0.29) is 5.91 Å². The van der Waals surface area contributed by atoms with Gasteiger partial charge >= 0.3 is 0 Å². The number of nitrogens with zero attached hydrogens (tertiary/aromatic N) is 6. The summed E-state index contributed by atoms with van der Waals surface area (Å²) in [6.45, 7) is 6.71. The first-order valence-electron chi connectivity index (χ1n) is 10.2. The monoisotopic (exact) mass is 432 g/mol. The second kappa shape index (κ2) is 9.23. The molecule has 0 bridgehead atoms. The van der Waals surface area contributed by atoms with E-state index in [1.807, 2.05) is 15.7 Å². The van der Waals surface area contributed by atoms with E-state index in [1.54, 1.807) is 24.5 Å². The summed E-state index contributed by atoms with van der Waals surface area (Å²) in [7, 11) is 0. The van der Waals surface area contributed by atoms with Crippen LogP contribution in [0.4, 0.5) is 5.82 Å². The molecule has 0 spiro atoms. The Hall–Kier alpha value is -3.31. The van der Waals surface area contributed by atoms with Crippen LogP contribution >= 0.6 is 11.8 Å². The summed E-state index contributed by atoms with van der Waals surface area (Å²) in [4.78, 5) is 25.6. The van der Waals surface area contributed by atoms with Gasteiger partial charge in [0.1, 0.15) is 11.9 Å². The number of carbonyl (C=O) groups excluding carboxylic acids is 1. The Morgan fingerprint density at radius 1 is 1.13 bits per heavy atom. The van der Waals surface area contributed by atoms with Crippen molar-refractivity contribution in [2.45, 2.75) is 19.0 Å². The summed E-state index contributed by atoms with van der Waals surface area (Å²) in [6.07, 6.45) is 5.41. The predicted octanol–water partition coefficient (Wildman–Crippen LogP) is 3.20. The maximum atomic E-state index is 12.8. The minimum atomic E-state index is 0.0988. The summed E-state index contributed by atoms with van der Waals surface area (Å²) in [5.41, 5.74) is 4.01. The first-order chi connectivity index (χ1) is 15.1. The van der Waals surface area contributed by atoms with E-state index in [0.29, 0.717) is 43.3 Å². The molecule has 1 saturated heterocycles. The molecular weight excluding hydrogens is 408 g/mol. The third-order valence-electron chi connectivity index (χ3n) is 5.39. The number of amides is 1. The molecule has 0 aliphatic carbocycles. The molecule has 1 aliphatic heterocycles. The maximum Gasteiger partial charge on any atom is 0.233 e. The maximum absolute atomic E-state index is 12.8. The number of aromatic nitrogens is 3. The van der Waals surface area contributed by atoms with Crippen molar-refractivity contribution in [2.24, 2.45) is 0 Å². The third-order valence-corrected chi connectivity index (χ3v) is 6.35. The topological polar surface area (TPSA) is 78.1 Å². The Bertz CT molecular complexity index is 1130. The van der Waals surface area contributed by atoms with Crippen LogP contribution in [0.1, 0.15) is 16.7 Å². The summed E-state index contributed by atoms with van der Waals surface area (Å²) in [6, 6.07) is 12.1. The molecule has 2 aromatic heterocycles. The first-order valence-corrected chi connectivity index (χ1v) is 11.2. The Balaban J connectivity index is 1.36. The number of aryl methyl sites for hydroxylation is 2. The van der Waals surface area contributed by atoms with Crippen molar-refractivity contribution in [1.82, 2.24) is 19.4 Å². The number of anilines is 1. The lowest BCUT2D eigenvalue weighted by Crippen LogP contribution is -2.49. The van der Waals surface area contributed by atoms with Crippen molar-refractivity contribution in [3.63, 3.8) is 0 Å². The van der Waals surface area contributed by atoms with Gasteiger partial charge in [-0.1, -0.05) is 23.9 Å². The fourth-order valence-electron chi connectivity index (χ4n) is 3.68. The van der Waals surface area contributed by atoms with Crippen LogP contribution in [0.25, 0.3) is 5.69 Å². The van der Waals surface area contributed by atoms with Crippen LogP contribution in [0.3, 0.4) is 0 Å². The number of imidazole rings is 1. The lowest BCUT2D eigenvalue weighted by molar-refractivity contribution is -0.128. The molecule has 1 aromatic carbocycles. The van der Waals surface area contributed by atoms with Crippen LogP contribution in [-0.2, 0) is 4.79 Å². The van der Waals surface area contributed by atoms with E-state index in [4.69, 9.17) is 0 Å². The van der Waals surface area contributed by atoms with Crippen LogP contribution in [-0.4, -0.2) is 57.3 Å². The summed E-state index contributed by atoms with van der Waals surface area (Å²) in [5.74, 6) is 1.14. The highest BCUT2D eigenvalue weighted by atomic mass is 32.2. The van der Waals surface area contributed by atoms with Crippen LogP contribution in [0, 0.1) is 25.2 Å². The van der Waals surface area contributed by atoms with Crippen LogP contribution in [0.2, 0.25) is 0 Å². The minimum absolute atomic E-state index is 0.0988. The molecule has 3 heterocycles. The molecule has 0 unspecified atom stereocenters. The van der Waals surface area contributed by atoms with E-state index in [2.05, 4.69) is 53.0 Å². The Morgan fingerprint density at radius 3 is 2.71 bits per heavy atom. The van der Waals surface area contributed by atoms with E-state index < -0.39 is 0 Å². The standard InChI is InChI=1S/C23H24N6OS/c1-17-5-6-18(2)20(14-17)29-9-8-26-23(29)31-16-21(30)27-10-12-28(13-11-27)22-19(15-24)4-3-7-25-22/h3-9,14H,10-13,16H2,1-2H3. The van der Waals surface area contributed by atoms with E-state index in [0.717, 1.165) is 10.8 Å². The fraction of sp³-hybridized carbons (Fsp3) is 0.304. The molecule has 0 N–H and O–H groups in total. The predicted molar refractivity (Wildman–Crippen MR) is 122 cm³/mol. The highest BCUT2D eigenvalue weighted by Crippen LogP contribution is 2.24. The Morgan fingerprint density at radius 2 is 1.94 bits per heavy atom. The van der Waals surface area contributed by atoms with Gasteiger partial charge in [-0.2, -0.15) is 5.26 Å². The highest BCUT2D eigenvalue weighted by molar-refractivity contribution is 7.99. The molecule has 1 aliphatic rings. The van der Waals surface area contributed by atoms with Gasteiger partial charge in [0.25, 0.3) is 0 Å². The normalized spacial score (nSPS) is 13.8. The van der Waals surface area contributed by atoms with Crippen molar-refractivity contribution in [1.29, 1.82) is 5.26 Å². The molecular formula is C23H24N6OS. The molecule has 31 heavy (non-hydrogen) atoms. The summed E-state index contributed by atoms with van der Waals surface area (Å²) < 4.78 is 2.04. The molecule has 0 saturated carbocycles. The number of piperazine rings is 1.